The Bertz CT molecular complexity index is 1110. The number of fused-ring (bicyclic) bond motifs is 1. The summed E-state index contributed by atoms with van der Waals surface area (Å²) in [6.45, 7) is 4.05. The van der Waals surface area contributed by atoms with Crippen molar-refractivity contribution in [1.82, 2.24) is 25.1 Å². The van der Waals surface area contributed by atoms with Crippen molar-refractivity contribution in [2.24, 2.45) is 0 Å². The molecule has 192 valence electrons. The van der Waals surface area contributed by atoms with E-state index in [4.69, 9.17) is 0 Å². The van der Waals surface area contributed by atoms with E-state index in [1.165, 1.54) is 34.2 Å². The molecule has 0 spiro atoms. The first kappa shape index (κ1) is 25.6. The van der Waals surface area contributed by atoms with Crippen molar-refractivity contribution in [3.05, 3.63) is 71.3 Å². The zero-order chi connectivity index (χ0) is 26.0. The van der Waals surface area contributed by atoms with Crippen LogP contribution >= 0.6 is 0 Å². The van der Waals surface area contributed by atoms with E-state index in [1.54, 1.807) is 41.2 Å². The number of carbonyl (C=O) groups excluding carboxylic acids is 3. The molecular formula is C26H31F2N5O3. The third-order valence-corrected chi connectivity index (χ3v) is 6.83. The third-order valence-electron chi connectivity index (χ3n) is 6.83. The summed E-state index contributed by atoms with van der Waals surface area (Å²) in [5.41, 5.74) is 1.49. The van der Waals surface area contributed by atoms with Crippen molar-refractivity contribution in [1.29, 1.82) is 0 Å². The Morgan fingerprint density at radius 3 is 2.28 bits per heavy atom. The summed E-state index contributed by atoms with van der Waals surface area (Å²) in [7, 11) is 1.66. The lowest BCUT2D eigenvalue weighted by molar-refractivity contribution is -0.189. The van der Waals surface area contributed by atoms with Gasteiger partial charge in [0.15, 0.2) is 0 Å². The lowest BCUT2D eigenvalue weighted by atomic mass is 9.98. The number of likely N-dealkylation sites (N-methyl/N-ethyl adjacent to an activating group) is 1. The van der Waals surface area contributed by atoms with Crippen molar-refractivity contribution in [2.75, 3.05) is 20.1 Å². The normalized spacial score (nSPS) is 21.4. The summed E-state index contributed by atoms with van der Waals surface area (Å²) in [6, 6.07) is 10.3. The van der Waals surface area contributed by atoms with E-state index in [9.17, 15) is 23.2 Å². The minimum atomic E-state index is -0.707. The second-order valence-corrected chi connectivity index (χ2v) is 9.25. The van der Waals surface area contributed by atoms with E-state index in [0.29, 0.717) is 12.8 Å². The molecule has 2 heterocycles. The predicted octanol–water partition coefficient (Wildman–Crippen LogP) is 3.26. The molecule has 2 saturated heterocycles. The van der Waals surface area contributed by atoms with Crippen molar-refractivity contribution < 1.29 is 23.2 Å². The van der Waals surface area contributed by atoms with Crippen molar-refractivity contribution in [2.45, 2.75) is 51.5 Å². The third kappa shape index (κ3) is 5.04. The Hall–Kier alpha value is -3.53. The number of amides is 4. The molecule has 0 aliphatic carbocycles. The fourth-order valence-electron chi connectivity index (χ4n) is 4.95. The number of hydrazine groups is 1. The number of hydrogen-bond acceptors (Lipinski definition) is 4. The number of urea groups is 1. The van der Waals surface area contributed by atoms with Crippen molar-refractivity contribution >= 4 is 17.8 Å². The van der Waals surface area contributed by atoms with Crippen LogP contribution in [-0.2, 0) is 16.1 Å². The first-order chi connectivity index (χ1) is 17.2. The molecule has 2 aliphatic rings. The van der Waals surface area contributed by atoms with Gasteiger partial charge in [-0.2, -0.15) is 0 Å². The van der Waals surface area contributed by atoms with Gasteiger partial charge in [0.1, 0.15) is 23.8 Å². The number of piperazine rings is 1. The molecule has 0 radical (unpaired) electrons. The first-order valence-corrected chi connectivity index (χ1v) is 12.1. The van der Waals surface area contributed by atoms with Crippen LogP contribution in [0.5, 0.6) is 0 Å². The van der Waals surface area contributed by atoms with Gasteiger partial charge in [0.2, 0.25) is 11.8 Å². The second kappa shape index (κ2) is 10.6. The molecule has 0 saturated carbocycles. The van der Waals surface area contributed by atoms with Crippen LogP contribution in [0.1, 0.15) is 43.9 Å². The second-order valence-electron chi connectivity index (χ2n) is 9.25. The molecule has 0 aromatic heterocycles. The smallest absolute Gasteiger partial charge is 0.333 e. The quantitative estimate of drug-likeness (QED) is 0.662. The molecule has 2 aliphatic heterocycles. The van der Waals surface area contributed by atoms with Crippen LogP contribution in [0, 0.1) is 11.6 Å². The van der Waals surface area contributed by atoms with E-state index in [1.807, 2.05) is 13.8 Å². The maximum Gasteiger partial charge on any atom is 0.334 e. The molecule has 2 aromatic rings. The molecule has 1 unspecified atom stereocenters. The van der Waals surface area contributed by atoms with Gasteiger partial charge in [-0.1, -0.05) is 37.6 Å². The van der Waals surface area contributed by atoms with Crippen LogP contribution in [0.4, 0.5) is 13.6 Å². The highest BCUT2D eigenvalue weighted by Crippen LogP contribution is 2.32. The Balaban J connectivity index is 1.61. The Morgan fingerprint density at radius 1 is 1.06 bits per heavy atom. The number of nitrogens with zero attached hydrogens (tertiary/aromatic N) is 4. The lowest BCUT2D eigenvalue weighted by Gasteiger charge is -2.55. The van der Waals surface area contributed by atoms with E-state index in [0.717, 1.165) is 11.1 Å². The van der Waals surface area contributed by atoms with E-state index < -0.39 is 18.2 Å². The molecule has 8 nitrogen and oxygen atoms in total. The Morgan fingerprint density at radius 2 is 1.67 bits per heavy atom. The van der Waals surface area contributed by atoms with Gasteiger partial charge < -0.3 is 15.1 Å². The SMILES string of the molecule is CCC[C@H]1C(=O)N(C(C)c2ccc(F)cc2)C[C@H]2N1C(=O)CN(C)N2C(=O)NCc1ccc(F)cc1. The van der Waals surface area contributed by atoms with E-state index >= 15 is 0 Å². The average Bonchev–Trinajstić information content (AvgIpc) is 2.85. The largest absolute Gasteiger partial charge is 0.334 e. The number of rotatable bonds is 6. The van der Waals surface area contributed by atoms with E-state index in [-0.39, 0.29) is 49.1 Å². The number of nitrogens with one attached hydrogen (secondary N) is 1. The van der Waals surface area contributed by atoms with Gasteiger partial charge in [0, 0.05) is 13.6 Å². The number of carbonyl (C=O) groups is 3. The molecule has 3 atom stereocenters. The first-order valence-electron chi connectivity index (χ1n) is 12.1. The summed E-state index contributed by atoms with van der Waals surface area (Å²) in [6.07, 6.45) is 0.433. The topological polar surface area (TPSA) is 76.2 Å². The molecule has 4 amide bonds. The summed E-state index contributed by atoms with van der Waals surface area (Å²) in [4.78, 5) is 43.3. The highest BCUT2D eigenvalue weighted by atomic mass is 19.1. The summed E-state index contributed by atoms with van der Waals surface area (Å²) >= 11 is 0. The number of benzene rings is 2. The van der Waals surface area contributed by atoms with Gasteiger partial charge >= 0.3 is 6.03 Å². The van der Waals surface area contributed by atoms with Gasteiger partial charge in [0.25, 0.3) is 0 Å². The van der Waals surface area contributed by atoms with Gasteiger partial charge in [-0.05, 0) is 48.7 Å². The summed E-state index contributed by atoms with van der Waals surface area (Å²) in [5.74, 6) is -1.13. The standard InChI is InChI=1S/C26H31F2N5O3/c1-4-5-22-25(35)31(17(2)19-8-12-21(28)13-9-19)15-23-32(22)24(34)16-30(3)33(23)26(36)29-14-18-6-10-20(27)11-7-18/h6-13,17,22-23H,4-5,14-16H2,1-3H3,(H,29,36)/t17?,22-,23-/m0/s1. The molecule has 4 rings (SSSR count). The van der Waals surface area contributed by atoms with E-state index in [2.05, 4.69) is 5.32 Å². The van der Waals surface area contributed by atoms with Crippen LogP contribution in [0.15, 0.2) is 48.5 Å². The zero-order valence-corrected chi connectivity index (χ0v) is 20.7. The summed E-state index contributed by atoms with van der Waals surface area (Å²) < 4.78 is 26.7. The van der Waals surface area contributed by atoms with Crippen LogP contribution in [0.25, 0.3) is 0 Å². The molecule has 36 heavy (non-hydrogen) atoms. The predicted molar refractivity (Wildman–Crippen MR) is 129 cm³/mol. The van der Waals surface area contributed by atoms with Crippen LogP contribution in [0.3, 0.4) is 0 Å². The zero-order valence-electron chi connectivity index (χ0n) is 20.7. The molecule has 2 fully saturated rings. The fraction of sp³-hybridized carbons (Fsp3) is 0.423. The molecule has 0 bridgehead atoms. The van der Waals surface area contributed by atoms with Crippen LogP contribution < -0.4 is 5.32 Å². The maximum absolute atomic E-state index is 13.6. The maximum atomic E-state index is 13.6. The number of halogens is 2. The Labute approximate surface area is 209 Å². The Kier molecular flexibility index (Phi) is 7.53. The average molecular weight is 500 g/mol. The molecule has 2 aromatic carbocycles. The van der Waals surface area contributed by atoms with Crippen molar-refractivity contribution in [3.8, 4) is 0 Å². The molecular weight excluding hydrogens is 468 g/mol. The highest BCUT2D eigenvalue weighted by molar-refractivity contribution is 5.91. The minimum Gasteiger partial charge on any atom is -0.333 e. The van der Waals surface area contributed by atoms with Gasteiger partial charge in [-0.15, -0.1) is 0 Å². The van der Waals surface area contributed by atoms with Crippen molar-refractivity contribution in [3.63, 3.8) is 0 Å². The summed E-state index contributed by atoms with van der Waals surface area (Å²) in [5, 5.41) is 5.88. The highest BCUT2D eigenvalue weighted by Gasteiger charge is 2.51. The van der Waals surface area contributed by atoms with Gasteiger partial charge in [-0.25, -0.2) is 23.6 Å². The van der Waals surface area contributed by atoms with Crippen LogP contribution in [0.2, 0.25) is 0 Å². The van der Waals surface area contributed by atoms with Gasteiger partial charge in [0.05, 0.1) is 19.1 Å². The molecule has 1 N–H and O–H groups in total. The molecule has 10 heteroatoms. The fourth-order valence-corrected chi connectivity index (χ4v) is 4.95. The number of hydrogen-bond donors (Lipinski definition) is 1. The monoisotopic (exact) mass is 499 g/mol. The lowest BCUT2D eigenvalue weighted by Crippen LogP contribution is -2.76. The van der Waals surface area contributed by atoms with Crippen LogP contribution in [-0.4, -0.2) is 70.0 Å². The minimum absolute atomic E-state index is 0.0402. The van der Waals surface area contributed by atoms with Gasteiger partial charge in [-0.3, -0.25) is 9.59 Å².